The third-order valence-electron chi connectivity index (χ3n) is 10.1. The van der Waals surface area contributed by atoms with Gasteiger partial charge in [-0.05, 0) is 44.9 Å². The van der Waals surface area contributed by atoms with Crippen LogP contribution in [0.5, 0.6) is 0 Å². The van der Waals surface area contributed by atoms with E-state index in [0.29, 0.717) is 12.8 Å². The average molecular weight is 692 g/mol. The molecule has 0 aromatic carbocycles. The highest BCUT2D eigenvalue weighted by atomic mass is 16.3. The minimum atomic E-state index is -1.13. The zero-order valence-corrected chi connectivity index (χ0v) is 32.8. The molecule has 0 aliphatic heterocycles. The number of nitrogens with one attached hydrogen (secondary N) is 1. The zero-order chi connectivity index (χ0) is 35.9. The predicted octanol–water partition coefficient (Wildman–Crippen LogP) is 12.2. The van der Waals surface area contributed by atoms with E-state index in [1.54, 1.807) is 0 Å². The second-order valence-corrected chi connectivity index (χ2v) is 14.9. The molecule has 5 heteroatoms. The van der Waals surface area contributed by atoms with Gasteiger partial charge in [0, 0.05) is 6.42 Å². The molecule has 0 spiro atoms. The number of amides is 1. The standard InChI is InChI=1S/C44H85NO4/c1-3-5-7-9-11-13-14-15-16-17-18-19-20-21-22-23-24-25-26-27-28-29-30-31-33-35-37-39-43(48)45-41(40-46)44(49)42(47)38-36-34-32-12-10-8-6-4-2/h18-19,21-22,41-42,44,46-47,49H,3-17,20,23-40H2,1-2H3,(H,45,48)/b19-18-,22-21-. The molecule has 0 aliphatic carbocycles. The highest BCUT2D eigenvalue weighted by Crippen LogP contribution is 2.15. The molecule has 3 unspecified atom stereocenters. The van der Waals surface area contributed by atoms with E-state index in [9.17, 15) is 20.1 Å². The molecule has 0 radical (unpaired) electrons. The SMILES string of the molecule is CCCCCCCCCCC/C=C\C/C=C\CCCCCCCCCCCCCC(=O)NC(CO)C(O)C(O)CCCCCCCCCC. The topological polar surface area (TPSA) is 89.8 Å². The summed E-state index contributed by atoms with van der Waals surface area (Å²) in [5.41, 5.74) is 0. The molecule has 4 N–H and O–H groups in total. The number of aliphatic hydroxyl groups excluding tert-OH is 3. The van der Waals surface area contributed by atoms with Gasteiger partial charge in [-0.25, -0.2) is 0 Å². The highest BCUT2D eigenvalue weighted by molar-refractivity contribution is 5.76. The fraction of sp³-hybridized carbons (Fsp3) is 0.886. The van der Waals surface area contributed by atoms with Crippen LogP contribution >= 0.6 is 0 Å². The van der Waals surface area contributed by atoms with E-state index in [1.165, 1.54) is 154 Å². The van der Waals surface area contributed by atoms with Crippen molar-refractivity contribution in [3.8, 4) is 0 Å². The van der Waals surface area contributed by atoms with Crippen molar-refractivity contribution in [1.82, 2.24) is 5.32 Å². The Labute approximate surface area is 305 Å². The quantitative estimate of drug-likeness (QED) is 0.0381. The Morgan fingerprint density at radius 1 is 0.510 bits per heavy atom. The summed E-state index contributed by atoms with van der Waals surface area (Å²) in [6.07, 6.45) is 47.3. The Morgan fingerprint density at radius 2 is 0.878 bits per heavy atom. The summed E-state index contributed by atoms with van der Waals surface area (Å²) in [6, 6.07) is -0.806. The number of hydrogen-bond donors (Lipinski definition) is 4. The lowest BCUT2D eigenvalue weighted by Crippen LogP contribution is -2.50. The molecule has 0 bridgehead atoms. The number of carbonyl (C=O) groups is 1. The Balaban J connectivity index is 3.54. The van der Waals surface area contributed by atoms with E-state index in [1.807, 2.05) is 0 Å². The van der Waals surface area contributed by atoms with E-state index in [0.717, 1.165) is 44.9 Å². The van der Waals surface area contributed by atoms with E-state index < -0.39 is 18.2 Å². The highest BCUT2D eigenvalue weighted by Gasteiger charge is 2.26. The molecule has 0 aromatic heterocycles. The molecule has 5 nitrogen and oxygen atoms in total. The molecule has 0 saturated heterocycles. The summed E-state index contributed by atoms with van der Waals surface area (Å²) in [5, 5.41) is 33.3. The minimum Gasteiger partial charge on any atom is -0.394 e. The van der Waals surface area contributed by atoms with Gasteiger partial charge in [-0.2, -0.15) is 0 Å². The third kappa shape index (κ3) is 35.0. The lowest BCUT2D eigenvalue weighted by atomic mass is 9.99. The number of carbonyl (C=O) groups excluding carboxylic acids is 1. The van der Waals surface area contributed by atoms with Gasteiger partial charge in [0.1, 0.15) is 6.10 Å². The summed E-state index contributed by atoms with van der Waals surface area (Å²) in [4.78, 5) is 12.4. The van der Waals surface area contributed by atoms with Crippen LogP contribution in [0.3, 0.4) is 0 Å². The first kappa shape index (κ1) is 47.8. The molecule has 1 amide bonds. The monoisotopic (exact) mass is 692 g/mol. The van der Waals surface area contributed by atoms with Crippen LogP contribution in [0.4, 0.5) is 0 Å². The van der Waals surface area contributed by atoms with Crippen molar-refractivity contribution in [3.05, 3.63) is 24.3 Å². The van der Waals surface area contributed by atoms with Gasteiger partial charge < -0.3 is 20.6 Å². The molecule has 49 heavy (non-hydrogen) atoms. The maximum absolute atomic E-state index is 12.4. The van der Waals surface area contributed by atoms with Gasteiger partial charge in [0.05, 0.1) is 18.8 Å². The normalized spacial score (nSPS) is 13.8. The van der Waals surface area contributed by atoms with Crippen LogP contribution in [0.1, 0.15) is 226 Å². The Kier molecular flexibility index (Phi) is 38.7. The molecule has 3 atom stereocenters. The van der Waals surface area contributed by atoms with Crippen molar-refractivity contribution in [2.45, 2.75) is 244 Å². The Morgan fingerprint density at radius 3 is 1.29 bits per heavy atom. The van der Waals surface area contributed by atoms with E-state index in [4.69, 9.17) is 0 Å². The molecular weight excluding hydrogens is 606 g/mol. The van der Waals surface area contributed by atoms with Crippen molar-refractivity contribution in [2.75, 3.05) is 6.61 Å². The first-order valence-corrected chi connectivity index (χ1v) is 21.6. The summed E-state index contributed by atoms with van der Waals surface area (Å²) in [5.74, 6) is -0.149. The lowest BCUT2D eigenvalue weighted by Gasteiger charge is -2.26. The molecule has 0 aromatic rings. The summed E-state index contributed by atoms with van der Waals surface area (Å²) in [7, 11) is 0. The van der Waals surface area contributed by atoms with Crippen molar-refractivity contribution >= 4 is 5.91 Å². The smallest absolute Gasteiger partial charge is 0.220 e. The first-order valence-electron chi connectivity index (χ1n) is 21.6. The summed E-state index contributed by atoms with van der Waals surface area (Å²) >= 11 is 0. The second kappa shape index (κ2) is 39.6. The summed E-state index contributed by atoms with van der Waals surface area (Å²) in [6.45, 7) is 4.14. The molecule has 0 rings (SSSR count). The van der Waals surface area contributed by atoms with Gasteiger partial charge >= 0.3 is 0 Å². The van der Waals surface area contributed by atoms with Crippen LogP contribution in [0, 0.1) is 0 Å². The number of unbranched alkanes of at least 4 members (excludes halogenated alkanes) is 27. The van der Waals surface area contributed by atoms with Crippen molar-refractivity contribution in [1.29, 1.82) is 0 Å². The van der Waals surface area contributed by atoms with Crippen LogP contribution in [0.25, 0.3) is 0 Å². The van der Waals surface area contributed by atoms with Crippen LogP contribution < -0.4 is 5.32 Å². The largest absolute Gasteiger partial charge is 0.394 e. The van der Waals surface area contributed by atoms with Crippen LogP contribution in [-0.2, 0) is 4.79 Å². The first-order chi connectivity index (χ1) is 24.1. The summed E-state index contributed by atoms with van der Waals surface area (Å²) < 4.78 is 0. The van der Waals surface area contributed by atoms with E-state index in [-0.39, 0.29) is 12.5 Å². The van der Waals surface area contributed by atoms with Crippen molar-refractivity contribution < 1.29 is 20.1 Å². The average Bonchev–Trinajstić information content (AvgIpc) is 3.11. The fourth-order valence-electron chi connectivity index (χ4n) is 6.66. The third-order valence-corrected chi connectivity index (χ3v) is 10.1. The molecule has 0 saturated carbocycles. The number of aliphatic hydroxyl groups is 3. The maximum atomic E-state index is 12.4. The molecule has 0 heterocycles. The molecule has 0 fully saturated rings. The van der Waals surface area contributed by atoms with Gasteiger partial charge in [0.2, 0.25) is 5.91 Å². The molecule has 0 aliphatic rings. The zero-order valence-electron chi connectivity index (χ0n) is 32.8. The van der Waals surface area contributed by atoms with Gasteiger partial charge in [0.15, 0.2) is 0 Å². The molecular formula is C44H85NO4. The van der Waals surface area contributed by atoms with Gasteiger partial charge in [0.25, 0.3) is 0 Å². The van der Waals surface area contributed by atoms with Crippen molar-refractivity contribution in [2.24, 2.45) is 0 Å². The predicted molar refractivity (Wildman–Crippen MR) is 213 cm³/mol. The van der Waals surface area contributed by atoms with Crippen LogP contribution in [0.15, 0.2) is 24.3 Å². The van der Waals surface area contributed by atoms with E-state index in [2.05, 4.69) is 43.5 Å². The second-order valence-electron chi connectivity index (χ2n) is 14.9. The number of rotatable bonds is 39. The number of allylic oxidation sites excluding steroid dienone is 4. The number of hydrogen-bond acceptors (Lipinski definition) is 4. The lowest BCUT2D eigenvalue weighted by molar-refractivity contribution is -0.124. The van der Waals surface area contributed by atoms with Gasteiger partial charge in [-0.3, -0.25) is 4.79 Å². The van der Waals surface area contributed by atoms with Gasteiger partial charge in [-0.1, -0.05) is 199 Å². The van der Waals surface area contributed by atoms with E-state index >= 15 is 0 Å². The fourth-order valence-corrected chi connectivity index (χ4v) is 6.66. The Bertz CT molecular complexity index is 724. The molecule has 290 valence electrons. The van der Waals surface area contributed by atoms with Crippen LogP contribution in [0.2, 0.25) is 0 Å². The Hall–Kier alpha value is -1.17. The van der Waals surface area contributed by atoms with Gasteiger partial charge in [-0.15, -0.1) is 0 Å². The maximum Gasteiger partial charge on any atom is 0.220 e. The van der Waals surface area contributed by atoms with Crippen molar-refractivity contribution in [3.63, 3.8) is 0 Å². The van der Waals surface area contributed by atoms with Crippen LogP contribution in [-0.4, -0.2) is 46.1 Å². The minimum absolute atomic E-state index is 0.149.